The van der Waals surface area contributed by atoms with Crippen molar-refractivity contribution in [2.45, 2.75) is 30.7 Å². The third kappa shape index (κ3) is 6.97. The molecule has 1 atom stereocenters. The van der Waals surface area contributed by atoms with E-state index in [1.807, 2.05) is 54.9 Å². The minimum atomic E-state index is -0.501. The molecule has 1 N–H and O–H groups in total. The fourth-order valence-corrected chi connectivity index (χ4v) is 4.19. The molecule has 7 nitrogen and oxygen atoms in total. The molecule has 32 heavy (non-hydrogen) atoms. The molecular formula is C24H32N4O3S. The van der Waals surface area contributed by atoms with E-state index < -0.39 is 6.04 Å². The maximum Gasteiger partial charge on any atom is 0.330 e. The van der Waals surface area contributed by atoms with Gasteiger partial charge in [-0.3, -0.25) is 9.78 Å². The van der Waals surface area contributed by atoms with Crippen LogP contribution in [-0.4, -0.2) is 67.1 Å². The highest BCUT2D eigenvalue weighted by Crippen LogP contribution is 2.24. The topological polar surface area (TPSA) is 74.8 Å². The zero-order valence-electron chi connectivity index (χ0n) is 18.5. The molecule has 172 valence electrons. The van der Waals surface area contributed by atoms with Crippen LogP contribution >= 0.6 is 12.6 Å². The summed E-state index contributed by atoms with van der Waals surface area (Å²) in [5.74, 6) is 0.0928. The van der Waals surface area contributed by atoms with Gasteiger partial charge in [0.05, 0.1) is 13.2 Å². The number of carbonyl (C=O) groups excluding carboxylic acids is 2. The first-order valence-corrected chi connectivity index (χ1v) is 11.6. The number of benzene rings is 1. The van der Waals surface area contributed by atoms with Crippen molar-refractivity contribution in [1.29, 1.82) is 0 Å². The van der Waals surface area contributed by atoms with Gasteiger partial charge in [0.1, 0.15) is 6.04 Å². The third-order valence-corrected chi connectivity index (χ3v) is 6.02. The van der Waals surface area contributed by atoms with Crippen LogP contribution in [0.5, 0.6) is 0 Å². The number of piperidine rings is 1. The van der Waals surface area contributed by atoms with Crippen LogP contribution in [0.25, 0.3) is 0 Å². The van der Waals surface area contributed by atoms with Crippen LogP contribution in [0.3, 0.4) is 0 Å². The van der Waals surface area contributed by atoms with Crippen LogP contribution in [-0.2, 0) is 14.3 Å². The van der Waals surface area contributed by atoms with E-state index in [0.29, 0.717) is 32.2 Å². The molecule has 8 heteroatoms. The molecular weight excluding hydrogens is 424 g/mol. The standard InChI is InChI=1S/C18H26N4O3.C6H6S/c1-2-25-18(24)16-11-20-12-17(23)22(16)13-14-5-9-21(10-6-14)15-3-7-19-8-4-15;7-6-4-2-1-3-5-6/h3-4,7-8,14,16,20H,2,5-6,9-13H2,1H3;1-5,7H. The number of nitrogens with zero attached hydrogens (tertiary/aromatic N) is 3. The fraction of sp³-hybridized carbons (Fsp3) is 0.458. The number of anilines is 1. The lowest BCUT2D eigenvalue weighted by Crippen LogP contribution is -2.59. The minimum absolute atomic E-state index is 0.0131. The molecule has 0 radical (unpaired) electrons. The van der Waals surface area contributed by atoms with Crippen molar-refractivity contribution in [2.75, 3.05) is 44.2 Å². The molecule has 0 saturated carbocycles. The van der Waals surface area contributed by atoms with Crippen molar-refractivity contribution in [1.82, 2.24) is 15.2 Å². The predicted octanol–water partition coefficient (Wildman–Crippen LogP) is 2.64. The summed E-state index contributed by atoms with van der Waals surface area (Å²) >= 11 is 4.08. The molecule has 0 aliphatic carbocycles. The van der Waals surface area contributed by atoms with E-state index >= 15 is 0 Å². The maximum atomic E-state index is 12.3. The van der Waals surface area contributed by atoms with Crippen molar-refractivity contribution >= 4 is 30.2 Å². The first-order valence-electron chi connectivity index (χ1n) is 11.1. The smallest absolute Gasteiger partial charge is 0.330 e. The second-order valence-electron chi connectivity index (χ2n) is 7.92. The number of hydrogen-bond acceptors (Lipinski definition) is 7. The van der Waals surface area contributed by atoms with E-state index in [9.17, 15) is 9.59 Å². The molecule has 2 aromatic rings. The highest BCUT2D eigenvalue weighted by Gasteiger charge is 2.36. The van der Waals surface area contributed by atoms with E-state index in [-0.39, 0.29) is 11.9 Å². The molecule has 2 aliphatic rings. The number of piperazine rings is 1. The number of carbonyl (C=O) groups is 2. The van der Waals surface area contributed by atoms with E-state index in [4.69, 9.17) is 4.74 Å². The highest BCUT2D eigenvalue weighted by atomic mass is 32.1. The summed E-state index contributed by atoms with van der Waals surface area (Å²) in [6.45, 7) is 5.44. The molecule has 2 saturated heterocycles. The van der Waals surface area contributed by atoms with Gasteiger partial charge in [0.15, 0.2) is 0 Å². The van der Waals surface area contributed by atoms with Crippen molar-refractivity contribution in [2.24, 2.45) is 5.92 Å². The Bertz CT molecular complexity index is 845. The Kier molecular flexibility index (Phi) is 9.37. The molecule has 2 aliphatic heterocycles. The summed E-state index contributed by atoms with van der Waals surface area (Å²) in [4.78, 5) is 33.6. The Labute approximate surface area is 195 Å². The third-order valence-electron chi connectivity index (χ3n) is 5.72. The van der Waals surface area contributed by atoms with E-state index in [0.717, 1.165) is 30.8 Å². The number of amides is 1. The molecule has 1 aromatic carbocycles. The van der Waals surface area contributed by atoms with Crippen LogP contribution < -0.4 is 10.2 Å². The Morgan fingerprint density at radius 2 is 1.84 bits per heavy atom. The summed E-state index contributed by atoms with van der Waals surface area (Å²) < 4.78 is 5.14. The number of esters is 1. The van der Waals surface area contributed by atoms with Gasteiger partial charge in [-0.1, -0.05) is 18.2 Å². The second-order valence-corrected chi connectivity index (χ2v) is 8.43. The van der Waals surface area contributed by atoms with Gasteiger partial charge in [0, 0.05) is 49.2 Å². The van der Waals surface area contributed by atoms with Gasteiger partial charge in [-0.25, -0.2) is 4.79 Å². The Hall–Kier alpha value is -2.58. The molecule has 1 amide bonds. The zero-order chi connectivity index (χ0) is 22.8. The highest BCUT2D eigenvalue weighted by molar-refractivity contribution is 7.80. The summed E-state index contributed by atoms with van der Waals surface area (Å²) in [6, 6.07) is 13.3. The van der Waals surface area contributed by atoms with Crippen LogP contribution in [0, 0.1) is 5.92 Å². The average Bonchev–Trinajstić information content (AvgIpc) is 2.82. The van der Waals surface area contributed by atoms with Crippen molar-refractivity contribution in [3.05, 3.63) is 54.9 Å². The number of rotatable bonds is 5. The fourth-order valence-electron chi connectivity index (χ4n) is 4.01. The molecule has 0 bridgehead atoms. The summed E-state index contributed by atoms with van der Waals surface area (Å²) in [6.07, 6.45) is 5.64. The van der Waals surface area contributed by atoms with E-state index in [1.54, 1.807) is 11.8 Å². The summed E-state index contributed by atoms with van der Waals surface area (Å²) in [5, 5.41) is 3.01. The Morgan fingerprint density at radius 1 is 1.16 bits per heavy atom. The summed E-state index contributed by atoms with van der Waals surface area (Å²) in [7, 11) is 0. The number of hydrogen-bond donors (Lipinski definition) is 2. The molecule has 0 spiro atoms. The zero-order valence-corrected chi connectivity index (χ0v) is 19.4. The quantitative estimate of drug-likeness (QED) is 0.532. The number of thiol groups is 1. The van der Waals surface area contributed by atoms with Crippen LogP contribution in [0.4, 0.5) is 5.69 Å². The second kappa shape index (κ2) is 12.5. The number of aromatic nitrogens is 1. The van der Waals surface area contributed by atoms with Gasteiger partial charge in [-0.05, 0) is 49.9 Å². The first kappa shape index (κ1) is 24.1. The number of ether oxygens (including phenoxy) is 1. The van der Waals surface area contributed by atoms with Crippen molar-refractivity contribution < 1.29 is 14.3 Å². The van der Waals surface area contributed by atoms with E-state index in [1.165, 1.54) is 5.69 Å². The molecule has 1 aromatic heterocycles. The Balaban J connectivity index is 0.000000352. The lowest BCUT2D eigenvalue weighted by molar-refractivity contribution is -0.157. The first-order chi connectivity index (χ1) is 15.6. The van der Waals surface area contributed by atoms with Gasteiger partial charge in [0.25, 0.3) is 0 Å². The minimum Gasteiger partial charge on any atom is -0.464 e. The van der Waals surface area contributed by atoms with Gasteiger partial charge in [0.2, 0.25) is 5.91 Å². The molecule has 4 rings (SSSR count). The van der Waals surface area contributed by atoms with Crippen molar-refractivity contribution in [3.8, 4) is 0 Å². The van der Waals surface area contributed by atoms with Gasteiger partial charge in [-0.2, -0.15) is 0 Å². The van der Waals surface area contributed by atoms with Gasteiger partial charge in [-0.15, -0.1) is 12.6 Å². The van der Waals surface area contributed by atoms with Gasteiger partial charge >= 0.3 is 5.97 Å². The lowest BCUT2D eigenvalue weighted by atomic mass is 9.94. The number of nitrogens with one attached hydrogen (secondary N) is 1. The van der Waals surface area contributed by atoms with E-state index in [2.05, 4.69) is 27.8 Å². The largest absolute Gasteiger partial charge is 0.464 e. The predicted molar refractivity (Wildman–Crippen MR) is 128 cm³/mol. The number of pyridine rings is 1. The monoisotopic (exact) mass is 456 g/mol. The lowest BCUT2D eigenvalue weighted by Gasteiger charge is -2.39. The summed E-state index contributed by atoms with van der Waals surface area (Å²) in [5.41, 5.74) is 1.19. The SMILES string of the molecule is CCOC(=O)C1CNCC(=O)N1CC1CCN(c2ccncc2)CC1.Sc1ccccc1. The maximum absolute atomic E-state index is 12.3. The van der Waals surface area contributed by atoms with Crippen LogP contribution in [0.1, 0.15) is 19.8 Å². The van der Waals surface area contributed by atoms with Gasteiger partial charge < -0.3 is 19.9 Å². The molecule has 3 heterocycles. The van der Waals surface area contributed by atoms with Crippen molar-refractivity contribution in [3.63, 3.8) is 0 Å². The van der Waals surface area contributed by atoms with Crippen LogP contribution in [0.2, 0.25) is 0 Å². The molecule has 2 fully saturated rings. The normalized spacial score (nSPS) is 19.2. The molecule has 1 unspecified atom stereocenters. The van der Waals surface area contributed by atoms with Crippen LogP contribution in [0.15, 0.2) is 59.8 Å². The Morgan fingerprint density at radius 3 is 2.44 bits per heavy atom. The average molecular weight is 457 g/mol.